The maximum atomic E-state index is 12.0. The molecule has 0 amide bonds. The van der Waals surface area contributed by atoms with Gasteiger partial charge in [0, 0.05) is 12.1 Å². The molecule has 1 aromatic rings. The zero-order chi connectivity index (χ0) is 12.3. The van der Waals surface area contributed by atoms with E-state index in [0.29, 0.717) is 5.56 Å². The number of nitrogen functional groups attached to an aromatic ring is 1. The van der Waals surface area contributed by atoms with E-state index in [2.05, 4.69) is 9.72 Å². The number of rotatable bonds is 3. The average molecular weight is 237 g/mol. The van der Waals surface area contributed by atoms with Crippen molar-refractivity contribution in [3.63, 3.8) is 0 Å². The van der Waals surface area contributed by atoms with Crippen molar-refractivity contribution in [2.24, 2.45) is 5.73 Å². The Bertz CT molecular complexity index is 382. The van der Waals surface area contributed by atoms with Crippen LogP contribution < -0.4 is 20.9 Å². The summed E-state index contributed by atoms with van der Waals surface area (Å²) < 4.78 is 44.3. The first-order valence-corrected chi connectivity index (χ1v) is 4.16. The van der Waals surface area contributed by atoms with E-state index in [4.69, 9.17) is 16.2 Å². The van der Waals surface area contributed by atoms with Gasteiger partial charge < -0.3 is 20.9 Å². The monoisotopic (exact) mass is 237 g/mol. The van der Waals surface area contributed by atoms with E-state index in [1.165, 1.54) is 13.2 Å². The van der Waals surface area contributed by atoms with Crippen LogP contribution in [0, 0.1) is 0 Å². The lowest BCUT2D eigenvalue weighted by Gasteiger charge is -2.13. The van der Waals surface area contributed by atoms with E-state index in [9.17, 15) is 13.2 Å². The van der Waals surface area contributed by atoms with Crippen LogP contribution in [0.25, 0.3) is 0 Å². The topological polar surface area (TPSA) is 83.4 Å². The molecule has 4 N–H and O–H groups in total. The molecule has 0 aliphatic rings. The molecule has 0 fully saturated rings. The first-order valence-electron chi connectivity index (χ1n) is 4.16. The molecule has 0 atom stereocenters. The summed E-state index contributed by atoms with van der Waals surface area (Å²) in [6.07, 6.45) is -4.85. The largest absolute Gasteiger partial charge is 0.574 e. The summed E-state index contributed by atoms with van der Waals surface area (Å²) in [5, 5.41) is 0. The molecule has 0 aromatic carbocycles. The zero-order valence-corrected chi connectivity index (χ0v) is 8.34. The molecule has 5 nitrogen and oxygen atoms in total. The van der Waals surface area contributed by atoms with Crippen LogP contribution >= 0.6 is 0 Å². The van der Waals surface area contributed by atoms with Crippen molar-refractivity contribution in [2.45, 2.75) is 12.9 Å². The Hall–Kier alpha value is -1.70. The van der Waals surface area contributed by atoms with E-state index in [1.807, 2.05) is 0 Å². The summed E-state index contributed by atoms with van der Waals surface area (Å²) >= 11 is 0. The lowest BCUT2D eigenvalue weighted by Crippen LogP contribution is -2.19. The van der Waals surface area contributed by atoms with Crippen molar-refractivity contribution in [3.8, 4) is 11.6 Å². The number of anilines is 1. The zero-order valence-electron chi connectivity index (χ0n) is 8.34. The number of methoxy groups -OCH3 is 1. The van der Waals surface area contributed by atoms with Gasteiger partial charge in [-0.15, -0.1) is 13.2 Å². The highest BCUT2D eigenvalue weighted by Crippen LogP contribution is 2.32. The fourth-order valence-corrected chi connectivity index (χ4v) is 1.02. The summed E-state index contributed by atoms with van der Waals surface area (Å²) in [5.41, 5.74) is 11.1. The number of hydrogen-bond acceptors (Lipinski definition) is 5. The molecular formula is C8H10F3N3O2. The lowest BCUT2D eigenvalue weighted by atomic mass is 10.2. The molecule has 16 heavy (non-hydrogen) atoms. The molecule has 0 spiro atoms. The first kappa shape index (κ1) is 12.4. The summed E-state index contributed by atoms with van der Waals surface area (Å²) in [4.78, 5) is 3.43. The highest BCUT2D eigenvalue weighted by atomic mass is 19.4. The van der Waals surface area contributed by atoms with Crippen LogP contribution in [0.3, 0.4) is 0 Å². The molecule has 1 heterocycles. The van der Waals surface area contributed by atoms with Crippen molar-refractivity contribution >= 4 is 5.82 Å². The van der Waals surface area contributed by atoms with Crippen molar-refractivity contribution < 1.29 is 22.6 Å². The quantitative estimate of drug-likeness (QED) is 0.820. The third-order valence-corrected chi connectivity index (χ3v) is 1.72. The smallest absolute Gasteiger partial charge is 0.491 e. The number of pyridine rings is 1. The second-order valence-electron chi connectivity index (χ2n) is 2.79. The number of alkyl halides is 3. The third kappa shape index (κ3) is 2.89. The number of halogens is 3. The molecule has 0 bridgehead atoms. The second kappa shape index (κ2) is 4.44. The molecule has 90 valence electrons. The van der Waals surface area contributed by atoms with Crippen molar-refractivity contribution in [1.82, 2.24) is 4.98 Å². The summed E-state index contributed by atoms with van der Waals surface area (Å²) in [7, 11) is 1.19. The van der Waals surface area contributed by atoms with Gasteiger partial charge in [0.25, 0.3) is 5.88 Å². The van der Waals surface area contributed by atoms with Gasteiger partial charge in [0.05, 0.1) is 7.11 Å². The highest BCUT2D eigenvalue weighted by molar-refractivity contribution is 5.49. The molecule has 0 saturated carbocycles. The third-order valence-electron chi connectivity index (χ3n) is 1.72. The van der Waals surface area contributed by atoms with E-state index >= 15 is 0 Å². The van der Waals surface area contributed by atoms with Gasteiger partial charge in [0.15, 0.2) is 5.75 Å². The number of hydrogen-bond donors (Lipinski definition) is 2. The van der Waals surface area contributed by atoms with Crippen LogP contribution in [-0.2, 0) is 6.54 Å². The molecule has 1 aromatic heterocycles. The second-order valence-corrected chi connectivity index (χ2v) is 2.79. The Balaban J connectivity index is 3.13. The fraction of sp³-hybridized carbons (Fsp3) is 0.375. The van der Waals surface area contributed by atoms with E-state index in [-0.39, 0.29) is 18.1 Å². The fourth-order valence-electron chi connectivity index (χ4n) is 1.02. The molecule has 8 heteroatoms. The average Bonchev–Trinajstić information content (AvgIpc) is 2.16. The van der Waals surface area contributed by atoms with Crippen molar-refractivity contribution in [1.29, 1.82) is 0 Å². The number of nitrogens with zero attached hydrogens (tertiary/aromatic N) is 1. The maximum absolute atomic E-state index is 12.0. The van der Waals surface area contributed by atoms with Crippen LogP contribution in [0.15, 0.2) is 6.07 Å². The van der Waals surface area contributed by atoms with Gasteiger partial charge in [-0.25, -0.2) is 0 Å². The van der Waals surface area contributed by atoms with Gasteiger partial charge >= 0.3 is 6.36 Å². The first-order chi connectivity index (χ1) is 7.37. The molecule has 0 aliphatic heterocycles. The standard InChI is InChI=1S/C8H10F3N3O2/c1-15-5-2-4(3-12)6(13)14-7(5)16-8(9,10)11/h2H,3,12H2,1H3,(H2,13,14). The van der Waals surface area contributed by atoms with Crippen LogP contribution in [-0.4, -0.2) is 18.5 Å². The summed E-state index contributed by atoms with van der Waals surface area (Å²) in [6, 6.07) is 1.25. The van der Waals surface area contributed by atoms with Gasteiger partial charge in [-0.2, -0.15) is 4.98 Å². The van der Waals surface area contributed by atoms with E-state index in [1.54, 1.807) is 0 Å². The van der Waals surface area contributed by atoms with Gasteiger partial charge in [-0.3, -0.25) is 0 Å². The predicted molar refractivity (Wildman–Crippen MR) is 49.8 cm³/mol. The minimum Gasteiger partial charge on any atom is -0.491 e. The van der Waals surface area contributed by atoms with Gasteiger partial charge in [-0.1, -0.05) is 0 Å². The van der Waals surface area contributed by atoms with Crippen LogP contribution in [0.4, 0.5) is 19.0 Å². The maximum Gasteiger partial charge on any atom is 0.574 e. The normalized spacial score (nSPS) is 11.3. The summed E-state index contributed by atoms with van der Waals surface area (Å²) in [5.74, 6) is -1.03. The Morgan fingerprint density at radius 1 is 1.44 bits per heavy atom. The summed E-state index contributed by atoms with van der Waals surface area (Å²) in [6.45, 7) is 0.0431. The van der Waals surface area contributed by atoms with Crippen LogP contribution in [0.1, 0.15) is 5.56 Å². The van der Waals surface area contributed by atoms with E-state index < -0.39 is 12.2 Å². The Morgan fingerprint density at radius 2 is 2.06 bits per heavy atom. The minimum absolute atomic E-state index is 0.0431. The minimum atomic E-state index is -4.85. The van der Waals surface area contributed by atoms with Crippen molar-refractivity contribution in [3.05, 3.63) is 11.6 Å². The van der Waals surface area contributed by atoms with Gasteiger partial charge in [-0.05, 0) is 6.07 Å². The Morgan fingerprint density at radius 3 is 2.50 bits per heavy atom. The predicted octanol–water partition coefficient (Wildman–Crippen LogP) is 1.03. The van der Waals surface area contributed by atoms with Crippen molar-refractivity contribution in [2.75, 3.05) is 12.8 Å². The number of aromatic nitrogens is 1. The lowest BCUT2D eigenvalue weighted by molar-refractivity contribution is -0.276. The van der Waals surface area contributed by atoms with E-state index in [0.717, 1.165) is 0 Å². The number of nitrogens with two attached hydrogens (primary N) is 2. The highest BCUT2D eigenvalue weighted by Gasteiger charge is 2.33. The molecule has 0 unspecified atom stereocenters. The Kier molecular flexibility index (Phi) is 3.43. The molecule has 0 aliphatic carbocycles. The Labute approximate surface area is 89.1 Å². The van der Waals surface area contributed by atoms with Crippen LogP contribution in [0.2, 0.25) is 0 Å². The molecule has 0 radical (unpaired) electrons. The molecular weight excluding hydrogens is 227 g/mol. The molecule has 1 rings (SSSR count). The van der Waals surface area contributed by atoms with Gasteiger partial charge in [0.2, 0.25) is 0 Å². The number of ether oxygens (including phenoxy) is 2. The van der Waals surface area contributed by atoms with Crippen LogP contribution in [0.5, 0.6) is 11.6 Å². The van der Waals surface area contributed by atoms with Gasteiger partial charge in [0.1, 0.15) is 5.82 Å². The molecule has 0 saturated heterocycles. The SMILES string of the molecule is COc1cc(CN)c(N)nc1OC(F)(F)F.